The lowest BCUT2D eigenvalue weighted by molar-refractivity contribution is 0.0983. The monoisotopic (exact) mass is 590 g/mol. The van der Waals surface area contributed by atoms with E-state index in [1.807, 2.05) is 26.8 Å². The van der Waals surface area contributed by atoms with Crippen LogP contribution in [0.2, 0.25) is 0 Å². The summed E-state index contributed by atoms with van der Waals surface area (Å²) >= 11 is 1.08. The van der Waals surface area contributed by atoms with Crippen molar-refractivity contribution in [1.29, 1.82) is 0 Å². The van der Waals surface area contributed by atoms with E-state index in [0.29, 0.717) is 27.9 Å². The summed E-state index contributed by atoms with van der Waals surface area (Å²) in [5, 5.41) is 16.1. The van der Waals surface area contributed by atoms with Gasteiger partial charge >= 0.3 is 12.1 Å². The third kappa shape index (κ3) is 5.39. The van der Waals surface area contributed by atoms with Crippen LogP contribution in [0.5, 0.6) is 0 Å². The number of benzene rings is 2. The number of para-hydroxylation sites is 1. The maximum Gasteiger partial charge on any atom is 0.407 e. The first-order chi connectivity index (χ1) is 19.9. The number of aromatic nitrogens is 1. The number of urea groups is 1. The van der Waals surface area contributed by atoms with Crippen LogP contribution in [0.1, 0.15) is 48.7 Å². The second-order valence-corrected chi connectivity index (χ2v) is 12.4. The van der Waals surface area contributed by atoms with Crippen molar-refractivity contribution in [2.45, 2.75) is 46.2 Å². The summed E-state index contributed by atoms with van der Waals surface area (Å²) in [6.45, 7) is 7.60. The minimum Gasteiger partial charge on any atom is -0.465 e. The number of halogens is 1. The molecule has 218 valence electrons. The van der Waals surface area contributed by atoms with Crippen molar-refractivity contribution in [3.05, 3.63) is 93.5 Å². The first-order valence-corrected chi connectivity index (χ1v) is 14.3. The van der Waals surface area contributed by atoms with E-state index < -0.39 is 41.2 Å². The summed E-state index contributed by atoms with van der Waals surface area (Å²) in [6, 6.07) is 14.4. The molecule has 9 nitrogen and oxygen atoms in total. The number of pyridine rings is 1. The fraction of sp³-hybridized carbons (Fsp3) is 0.290. The number of nitrogens with zero attached hydrogens (tertiary/aromatic N) is 2. The molecular formula is C31H31FN4O5S. The topological polar surface area (TPSA) is 121 Å². The first-order valence-electron chi connectivity index (χ1n) is 13.5. The van der Waals surface area contributed by atoms with Gasteiger partial charge in [0.05, 0.1) is 23.3 Å². The Morgan fingerprint density at radius 3 is 2.40 bits per heavy atom. The van der Waals surface area contributed by atoms with Gasteiger partial charge in [0.2, 0.25) is 0 Å². The van der Waals surface area contributed by atoms with Crippen LogP contribution in [-0.2, 0) is 0 Å². The van der Waals surface area contributed by atoms with E-state index in [0.717, 1.165) is 11.3 Å². The Hall–Kier alpha value is -4.51. The highest BCUT2D eigenvalue weighted by Gasteiger charge is 2.44. The van der Waals surface area contributed by atoms with Crippen LogP contribution >= 0.6 is 11.3 Å². The molecule has 2 atom stereocenters. The Kier molecular flexibility index (Phi) is 7.63. The Bertz CT molecular complexity index is 1760. The van der Waals surface area contributed by atoms with Crippen molar-refractivity contribution in [3.63, 3.8) is 0 Å². The number of fused-ring (bicyclic) bond motifs is 1. The van der Waals surface area contributed by atoms with Crippen LogP contribution in [-0.4, -0.2) is 51.1 Å². The van der Waals surface area contributed by atoms with Gasteiger partial charge in [-0.25, -0.2) is 14.0 Å². The number of anilines is 1. The number of amides is 3. The van der Waals surface area contributed by atoms with Crippen LogP contribution in [0.25, 0.3) is 15.9 Å². The molecule has 0 radical (unpaired) electrons. The average Bonchev–Trinajstić information content (AvgIpc) is 3.51. The number of hydrogen-bond acceptors (Lipinski definition) is 5. The van der Waals surface area contributed by atoms with Gasteiger partial charge in [-0.05, 0) is 60.7 Å². The lowest BCUT2D eigenvalue weighted by Crippen LogP contribution is -2.53. The molecule has 4 aromatic rings. The first kappa shape index (κ1) is 29.0. The van der Waals surface area contributed by atoms with Crippen molar-refractivity contribution in [2.24, 2.45) is 5.41 Å². The second kappa shape index (κ2) is 11.1. The number of likely N-dealkylation sites (tertiary alicyclic amines) is 1. The Labute approximate surface area is 245 Å². The summed E-state index contributed by atoms with van der Waals surface area (Å²) in [6.07, 6.45) is -0.618. The summed E-state index contributed by atoms with van der Waals surface area (Å²) in [4.78, 5) is 54.0. The smallest absolute Gasteiger partial charge is 0.407 e. The molecule has 1 fully saturated rings. The standard InChI is InChI=1S/C31H31FN4O5S/c1-17-16-18(10-12-21(17)32)25(38)24-20-11-13-23(37)36(19-8-6-5-7-9-19)28(20)42-27(24)34-29(39)33-22-14-15-35(30(40)41)26(22)31(2,3)4/h5-13,16,22,26H,14-15H2,1-4H3,(H,40,41)(H2,33,34,39)/t22-,26?/m1/s1. The normalized spacial score (nSPS) is 16.9. The van der Waals surface area contributed by atoms with Crippen molar-refractivity contribution < 1.29 is 23.9 Å². The van der Waals surface area contributed by atoms with Gasteiger partial charge in [-0.3, -0.25) is 19.5 Å². The molecule has 0 bridgehead atoms. The molecule has 1 unspecified atom stereocenters. The predicted molar refractivity (Wildman–Crippen MR) is 161 cm³/mol. The van der Waals surface area contributed by atoms with E-state index in [9.17, 15) is 28.7 Å². The number of hydrogen-bond donors (Lipinski definition) is 3. The molecule has 1 saturated heterocycles. The van der Waals surface area contributed by atoms with Gasteiger partial charge in [0.25, 0.3) is 5.56 Å². The number of carbonyl (C=O) groups is 3. The van der Waals surface area contributed by atoms with Gasteiger partial charge in [0.15, 0.2) is 5.78 Å². The largest absolute Gasteiger partial charge is 0.465 e. The molecule has 2 aromatic heterocycles. The third-order valence-electron chi connectivity index (χ3n) is 7.48. The van der Waals surface area contributed by atoms with E-state index in [4.69, 9.17) is 0 Å². The van der Waals surface area contributed by atoms with Crippen molar-refractivity contribution in [3.8, 4) is 5.69 Å². The summed E-state index contributed by atoms with van der Waals surface area (Å²) in [7, 11) is 0. The van der Waals surface area contributed by atoms with E-state index in [1.54, 1.807) is 37.3 Å². The third-order valence-corrected chi connectivity index (χ3v) is 8.58. The molecule has 3 N–H and O–H groups in total. The molecule has 1 aliphatic heterocycles. The molecule has 1 aliphatic rings. The summed E-state index contributed by atoms with van der Waals surface area (Å²) < 4.78 is 15.5. The molecule has 3 amide bonds. The van der Waals surface area contributed by atoms with Gasteiger partial charge < -0.3 is 15.3 Å². The Morgan fingerprint density at radius 1 is 1.05 bits per heavy atom. The van der Waals surface area contributed by atoms with Crippen molar-refractivity contribution in [1.82, 2.24) is 14.8 Å². The van der Waals surface area contributed by atoms with Gasteiger partial charge in [-0.2, -0.15) is 0 Å². The van der Waals surface area contributed by atoms with Gasteiger partial charge in [0, 0.05) is 23.6 Å². The molecule has 0 saturated carbocycles. The maximum absolute atomic E-state index is 14.0. The van der Waals surface area contributed by atoms with E-state index >= 15 is 0 Å². The molecule has 0 spiro atoms. The van der Waals surface area contributed by atoms with Gasteiger partial charge in [-0.1, -0.05) is 50.3 Å². The Morgan fingerprint density at radius 2 is 1.76 bits per heavy atom. The number of carboxylic acid groups (broad SMARTS) is 1. The predicted octanol–water partition coefficient (Wildman–Crippen LogP) is 6.02. The quantitative estimate of drug-likeness (QED) is 0.246. The number of rotatable bonds is 5. The number of nitrogens with one attached hydrogen (secondary N) is 2. The van der Waals surface area contributed by atoms with E-state index in [2.05, 4.69) is 10.6 Å². The molecule has 0 aliphatic carbocycles. The van der Waals surface area contributed by atoms with Crippen molar-refractivity contribution >= 4 is 44.5 Å². The fourth-order valence-electron chi connectivity index (χ4n) is 5.68. The minimum atomic E-state index is -1.05. The summed E-state index contributed by atoms with van der Waals surface area (Å²) in [5.74, 6) is -0.888. The minimum absolute atomic E-state index is 0.173. The molecule has 42 heavy (non-hydrogen) atoms. The maximum atomic E-state index is 14.0. The lowest BCUT2D eigenvalue weighted by atomic mass is 9.83. The number of aryl methyl sites for hydroxylation is 1. The highest BCUT2D eigenvalue weighted by atomic mass is 32.1. The zero-order chi connectivity index (χ0) is 30.3. The molecule has 3 heterocycles. The van der Waals surface area contributed by atoms with Gasteiger partial charge in [0.1, 0.15) is 15.6 Å². The SMILES string of the molecule is Cc1cc(C(=O)c2c(NC(=O)N[C@@H]3CCN(C(=O)O)C3C(C)(C)C)sc3c2ccc(=O)n3-c2ccccc2)ccc1F. The highest BCUT2D eigenvalue weighted by Crippen LogP contribution is 2.38. The summed E-state index contributed by atoms with van der Waals surface area (Å²) in [5.41, 5.74) is 0.538. The van der Waals surface area contributed by atoms with Crippen LogP contribution < -0.4 is 16.2 Å². The highest BCUT2D eigenvalue weighted by molar-refractivity contribution is 7.23. The number of thiophene rings is 1. The molecule has 11 heteroatoms. The second-order valence-electron chi connectivity index (χ2n) is 11.4. The zero-order valence-corrected chi connectivity index (χ0v) is 24.4. The number of carbonyl (C=O) groups excluding carboxylic acids is 2. The van der Waals surface area contributed by atoms with Crippen LogP contribution in [0.4, 0.5) is 19.0 Å². The number of ketones is 1. The van der Waals surface area contributed by atoms with Gasteiger partial charge in [-0.15, -0.1) is 0 Å². The fourth-order valence-corrected chi connectivity index (χ4v) is 6.89. The van der Waals surface area contributed by atoms with E-state index in [1.165, 1.54) is 33.7 Å². The van der Waals surface area contributed by atoms with Crippen LogP contribution in [0, 0.1) is 18.2 Å². The van der Waals surface area contributed by atoms with Crippen LogP contribution in [0.15, 0.2) is 65.5 Å². The molecule has 5 rings (SSSR count). The molecule has 2 aromatic carbocycles. The average molecular weight is 591 g/mol. The lowest BCUT2D eigenvalue weighted by Gasteiger charge is -2.37. The van der Waals surface area contributed by atoms with Crippen LogP contribution in [0.3, 0.4) is 0 Å². The zero-order valence-electron chi connectivity index (χ0n) is 23.6. The molecular weight excluding hydrogens is 559 g/mol. The Balaban J connectivity index is 1.58. The van der Waals surface area contributed by atoms with E-state index in [-0.39, 0.29) is 28.2 Å². The van der Waals surface area contributed by atoms with Crippen molar-refractivity contribution in [2.75, 3.05) is 11.9 Å².